The number of carbonyl (C=O) groups is 1. The smallest absolute Gasteiger partial charge is 0.229 e. The molecule has 0 fully saturated rings. The first-order valence-electron chi connectivity index (χ1n) is 11.4. The van der Waals surface area contributed by atoms with Crippen LogP contribution in [0.15, 0.2) is 72.8 Å². The van der Waals surface area contributed by atoms with E-state index in [9.17, 15) is 13.2 Å². The maximum Gasteiger partial charge on any atom is 0.229 e. The number of amides is 1. The van der Waals surface area contributed by atoms with E-state index in [1.807, 2.05) is 67.6 Å². The van der Waals surface area contributed by atoms with Gasteiger partial charge in [0.25, 0.3) is 0 Å². The molecule has 1 amide bonds. The molecule has 0 unspecified atom stereocenters. The van der Waals surface area contributed by atoms with E-state index in [-0.39, 0.29) is 30.3 Å². The summed E-state index contributed by atoms with van der Waals surface area (Å²) in [4.78, 5) is 19.8. The number of ether oxygens (including phenoxy) is 1. The van der Waals surface area contributed by atoms with Gasteiger partial charge < -0.3 is 4.74 Å². The van der Waals surface area contributed by atoms with Gasteiger partial charge in [-0.05, 0) is 36.1 Å². The fourth-order valence-corrected chi connectivity index (χ4v) is 6.38. The first-order chi connectivity index (χ1) is 16.9. The number of hydrogen-bond donors (Lipinski definition) is 0. The molecule has 0 spiro atoms. The van der Waals surface area contributed by atoms with Crippen molar-refractivity contribution in [3.63, 3.8) is 0 Å². The van der Waals surface area contributed by atoms with E-state index < -0.39 is 9.84 Å². The number of carbonyl (C=O) groups excluding carboxylic acids is 1. The molecule has 4 aromatic rings. The minimum Gasteiger partial charge on any atom is -0.494 e. The quantitative estimate of drug-likeness (QED) is 0.281. The second-order valence-electron chi connectivity index (χ2n) is 8.41. The van der Waals surface area contributed by atoms with Crippen LogP contribution in [0.25, 0.3) is 10.2 Å². The summed E-state index contributed by atoms with van der Waals surface area (Å²) in [6.07, 6.45) is 0.374. The lowest BCUT2D eigenvalue weighted by Crippen LogP contribution is -2.30. The zero-order valence-corrected chi connectivity index (χ0v) is 21.4. The normalized spacial score (nSPS) is 11.5. The Bertz CT molecular complexity index is 1400. The molecule has 0 atom stereocenters. The Hall–Kier alpha value is -3.23. The molecule has 0 aliphatic carbocycles. The SMILES string of the molecule is COc1ccc(C)c2sc(N(Cc3ccccc3)C(=O)CCCS(=O)(=O)Cc3ccccc3)nc12. The van der Waals surface area contributed by atoms with Crippen molar-refractivity contribution in [3.05, 3.63) is 89.5 Å². The Balaban J connectivity index is 1.53. The topological polar surface area (TPSA) is 76.6 Å². The molecule has 0 saturated heterocycles. The van der Waals surface area contributed by atoms with Crippen LogP contribution in [-0.4, -0.2) is 32.2 Å². The highest BCUT2D eigenvalue weighted by molar-refractivity contribution is 7.90. The van der Waals surface area contributed by atoms with Crippen LogP contribution in [0, 0.1) is 6.92 Å². The highest BCUT2D eigenvalue weighted by Crippen LogP contribution is 2.37. The molecule has 0 aliphatic rings. The molecule has 1 aromatic heterocycles. The molecular weight excluding hydrogens is 480 g/mol. The molecule has 0 radical (unpaired) electrons. The van der Waals surface area contributed by atoms with Gasteiger partial charge in [0.05, 0.1) is 29.9 Å². The summed E-state index contributed by atoms with van der Waals surface area (Å²) < 4.78 is 31.6. The third-order valence-corrected chi connectivity index (χ3v) is 8.60. The van der Waals surface area contributed by atoms with Crippen LogP contribution in [-0.2, 0) is 26.9 Å². The predicted molar refractivity (Wildman–Crippen MR) is 142 cm³/mol. The Kier molecular flexibility index (Phi) is 7.83. The highest BCUT2D eigenvalue weighted by Gasteiger charge is 2.23. The second-order valence-corrected chi connectivity index (χ2v) is 11.6. The monoisotopic (exact) mass is 508 g/mol. The fraction of sp³-hybridized carbons (Fsp3) is 0.259. The molecule has 8 heteroatoms. The van der Waals surface area contributed by atoms with Gasteiger partial charge in [-0.15, -0.1) is 0 Å². The highest BCUT2D eigenvalue weighted by atomic mass is 32.2. The predicted octanol–water partition coefficient (Wildman–Crippen LogP) is 5.54. The van der Waals surface area contributed by atoms with Gasteiger partial charge in [0.2, 0.25) is 5.91 Å². The summed E-state index contributed by atoms with van der Waals surface area (Å²) >= 11 is 1.45. The van der Waals surface area contributed by atoms with Crippen molar-refractivity contribution >= 4 is 42.4 Å². The van der Waals surface area contributed by atoms with Gasteiger partial charge in [-0.1, -0.05) is 78.1 Å². The number of aromatic nitrogens is 1. The van der Waals surface area contributed by atoms with E-state index in [1.165, 1.54) is 11.3 Å². The third kappa shape index (κ3) is 6.26. The average Bonchev–Trinajstić information content (AvgIpc) is 3.30. The van der Waals surface area contributed by atoms with Gasteiger partial charge >= 0.3 is 0 Å². The Morgan fingerprint density at radius 1 is 0.971 bits per heavy atom. The maximum absolute atomic E-state index is 13.4. The summed E-state index contributed by atoms with van der Waals surface area (Å²) in [5.41, 5.74) is 3.51. The van der Waals surface area contributed by atoms with E-state index in [2.05, 4.69) is 0 Å². The van der Waals surface area contributed by atoms with Gasteiger partial charge in [0.1, 0.15) is 11.3 Å². The lowest BCUT2D eigenvalue weighted by molar-refractivity contribution is -0.118. The molecule has 0 N–H and O–H groups in total. The minimum absolute atomic E-state index is 0.0211. The van der Waals surface area contributed by atoms with E-state index in [1.54, 1.807) is 24.1 Å². The van der Waals surface area contributed by atoms with E-state index in [0.717, 1.165) is 26.9 Å². The third-order valence-electron chi connectivity index (χ3n) is 5.70. The number of thiazole rings is 1. The van der Waals surface area contributed by atoms with Crippen molar-refractivity contribution in [3.8, 4) is 5.75 Å². The van der Waals surface area contributed by atoms with Crippen molar-refractivity contribution in [1.82, 2.24) is 4.98 Å². The number of sulfone groups is 1. The number of nitrogens with zero attached hydrogens (tertiary/aromatic N) is 2. The molecule has 0 saturated carbocycles. The van der Waals surface area contributed by atoms with Gasteiger partial charge in [-0.3, -0.25) is 9.69 Å². The molecule has 35 heavy (non-hydrogen) atoms. The van der Waals surface area contributed by atoms with Crippen LogP contribution in [0.5, 0.6) is 5.75 Å². The maximum atomic E-state index is 13.4. The Labute approximate surface area is 210 Å². The van der Waals surface area contributed by atoms with Gasteiger partial charge in [-0.25, -0.2) is 13.4 Å². The second kappa shape index (κ2) is 11.0. The number of methoxy groups -OCH3 is 1. The summed E-state index contributed by atoms with van der Waals surface area (Å²) in [7, 11) is -1.71. The van der Waals surface area contributed by atoms with Crippen molar-refractivity contribution in [2.24, 2.45) is 0 Å². The minimum atomic E-state index is -3.31. The first kappa shape index (κ1) is 24.9. The largest absolute Gasteiger partial charge is 0.494 e. The summed E-state index contributed by atoms with van der Waals surface area (Å²) in [5.74, 6) is 0.443. The van der Waals surface area contributed by atoms with Crippen molar-refractivity contribution in [1.29, 1.82) is 0 Å². The molecular formula is C27H28N2O4S2. The number of anilines is 1. The molecule has 182 valence electrons. The van der Waals surface area contributed by atoms with Crippen molar-refractivity contribution in [2.75, 3.05) is 17.8 Å². The molecule has 6 nitrogen and oxygen atoms in total. The first-order valence-corrected chi connectivity index (χ1v) is 14.0. The summed E-state index contributed by atoms with van der Waals surface area (Å²) in [6.45, 7) is 2.36. The van der Waals surface area contributed by atoms with Crippen LogP contribution in [0.2, 0.25) is 0 Å². The van der Waals surface area contributed by atoms with Crippen molar-refractivity contribution in [2.45, 2.75) is 32.1 Å². The number of benzene rings is 3. The number of hydrogen-bond acceptors (Lipinski definition) is 6. The molecule has 0 bridgehead atoms. The summed E-state index contributed by atoms with van der Waals surface area (Å²) in [6, 6.07) is 22.7. The van der Waals surface area contributed by atoms with E-state index in [4.69, 9.17) is 9.72 Å². The molecule has 3 aromatic carbocycles. The molecule has 4 rings (SSSR count). The van der Waals surface area contributed by atoms with E-state index in [0.29, 0.717) is 17.4 Å². The van der Waals surface area contributed by atoms with Gasteiger partial charge in [0, 0.05) is 6.42 Å². The van der Waals surface area contributed by atoms with Gasteiger partial charge in [-0.2, -0.15) is 0 Å². The van der Waals surface area contributed by atoms with Crippen LogP contribution >= 0.6 is 11.3 Å². The standard InChI is InChI=1S/C27H28N2O4S2/c1-20-15-16-23(33-2)25-26(20)34-27(28-25)29(18-21-10-5-3-6-11-21)24(30)14-9-17-35(31,32)19-22-12-7-4-8-13-22/h3-8,10-13,15-16H,9,14,17-19H2,1-2H3. The zero-order chi connectivity index (χ0) is 24.8. The van der Waals surface area contributed by atoms with Gasteiger partial charge in [0.15, 0.2) is 15.0 Å². The summed E-state index contributed by atoms with van der Waals surface area (Å²) in [5, 5.41) is 0.577. The average molecular weight is 509 g/mol. The van der Waals surface area contributed by atoms with Crippen LogP contribution < -0.4 is 9.64 Å². The Morgan fingerprint density at radius 2 is 1.63 bits per heavy atom. The lowest BCUT2D eigenvalue weighted by atomic mass is 10.2. The van der Waals surface area contributed by atoms with E-state index >= 15 is 0 Å². The van der Waals surface area contributed by atoms with Crippen LogP contribution in [0.4, 0.5) is 5.13 Å². The molecule has 1 heterocycles. The molecule has 0 aliphatic heterocycles. The zero-order valence-electron chi connectivity index (χ0n) is 19.8. The fourth-order valence-electron chi connectivity index (χ4n) is 3.89. The Morgan fingerprint density at radius 3 is 2.29 bits per heavy atom. The van der Waals surface area contributed by atoms with Crippen LogP contribution in [0.1, 0.15) is 29.5 Å². The number of aryl methyl sites for hydroxylation is 1. The number of fused-ring (bicyclic) bond motifs is 1. The van der Waals surface area contributed by atoms with Crippen molar-refractivity contribution < 1.29 is 17.9 Å². The van der Waals surface area contributed by atoms with Crippen LogP contribution in [0.3, 0.4) is 0 Å². The lowest BCUT2D eigenvalue weighted by Gasteiger charge is -2.20. The number of rotatable bonds is 10.